The van der Waals surface area contributed by atoms with Gasteiger partial charge in [-0.25, -0.2) is 9.07 Å². The Labute approximate surface area is 121 Å². The Morgan fingerprint density at radius 1 is 1.43 bits per heavy atom. The molecule has 5 nitrogen and oxygen atoms in total. The number of aromatic nitrogens is 2. The molecule has 0 unspecified atom stereocenters. The van der Waals surface area contributed by atoms with E-state index < -0.39 is 6.10 Å². The van der Waals surface area contributed by atoms with Crippen LogP contribution in [0.15, 0.2) is 30.3 Å². The molecule has 1 aromatic carbocycles. The number of benzene rings is 1. The van der Waals surface area contributed by atoms with E-state index in [1.54, 1.807) is 22.9 Å². The maximum Gasteiger partial charge on any atom is 0.254 e. The Morgan fingerprint density at radius 2 is 2.19 bits per heavy atom. The number of amides is 1. The summed E-state index contributed by atoms with van der Waals surface area (Å²) in [4.78, 5) is 12.1. The van der Waals surface area contributed by atoms with Crippen LogP contribution < -0.4 is 5.32 Å². The van der Waals surface area contributed by atoms with Gasteiger partial charge in [-0.1, -0.05) is 0 Å². The third-order valence-electron chi connectivity index (χ3n) is 3.38. The normalized spacial score (nSPS) is 17.9. The van der Waals surface area contributed by atoms with E-state index in [2.05, 4.69) is 10.4 Å². The number of ether oxygens (including phenoxy) is 1. The number of aryl methyl sites for hydroxylation is 1. The molecule has 0 saturated carbocycles. The van der Waals surface area contributed by atoms with E-state index >= 15 is 0 Å². The minimum atomic E-state index is -0.401. The van der Waals surface area contributed by atoms with Gasteiger partial charge in [0.15, 0.2) is 0 Å². The van der Waals surface area contributed by atoms with Crippen molar-refractivity contribution in [3.8, 4) is 5.69 Å². The molecule has 6 heteroatoms. The summed E-state index contributed by atoms with van der Waals surface area (Å²) >= 11 is 0. The van der Waals surface area contributed by atoms with Gasteiger partial charge in [-0.05, 0) is 44.0 Å². The second-order valence-corrected chi connectivity index (χ2v) is 5.05. The van der Waals surface area contributed by atoms with Crippen molar-refractivity contribution in [3.05, 3.63) is 41.8 Å². The molecule has 2 aromatic rings. The summed E-state index contributed by atoms with van der Waals surface area (Å²) in [5.74, 6) is 0.0722. The van der Waals surface area contributed by atoms with Gasteiger partial charge < -0.3 is 10.1 Å². The SMILES string of the molecule is Cc1cc(NC(=O)[C@@H]2CCCO2)n(-c2ccc(F)cc2)n1. The van der Waals surface area contributed by atoms with Gasteiger partial charge >= 0.3 is 0 Å². The second kappa shape index (κ2) is 5.65. The number of carbonyl (C=O) groups is 1. The van der Waals surface area contributed by atoms with E-state index in [-0.39, 0.29) is 11.7 Å². The lowest BCUT2D eigenvalue weighted by Crippen LogP contribution is -2.27. The van der Waals surface area contributed by atoms with Gasteiger partial charge in [-0.2, -0.15) is 5.10 Å². The Morgan fingerprint density at radius 3 is 2.86 bits per heavy atom. The van der Waals surface area contributed by atoms with Crippen molar-refractivity contribution in [3.63, 3.8) is 0 Å². The summed E-state index contributed by atoms with van der Waals surface area (Å²) in [5, 5.41) is 7.16. The fraction of sp³-hybridized carbons (Fsp3) is 0.333. The van der Waals surface area contributed by atoms with Crippen molar-refractivity contribution in [2.45, 2.75) is 25.9 Å². The van der Waals surface area contributed by atoms with Gasteiger partial charge in [0.1, 0.15) is 17.7 Å². The van der Waals surface area contributed by atoms with Crippen LogP contribution in [-0.4, -0.2) is 28.4 Å². The quantitative estimate of drug-likeness (QED) is 0.944. The molecule has 0 radical (unpaired) electrons. The molecule has 110 valence electrons. The van der Waals surface area contributed by atoms with E-state index in [1.165, 1.54) is 12.1 Å². The topological polar surface area (TPSA) is 56.1 Å². The van der Waals surface area contributed by atoms with Crippen LogP contribution in [0.3, 0.4) is 0 Å². The van der Waals surface area contributed by atoms with Crippen molar-refractivity contribution >= 4 is 11.7 Å². The molecule has 0 bridgehead atoms. The maximum absolute atomic E-state index is 13.0. The molecule has 1 amide bonds. The van der Waals surface area contributed by atoms with E-state index in [4.69, 9.17) is 4.74 Å². The summed E-state index contributed by atoms with van der Waals surface area (Å²) in [6.07, 6.45) is 1.23. The molecule has 21 heavy (non-hydrogen) atoms. The lowest BCUT2D eigenvalue weighted by molar-refractivity contribution is -0.124. The number of nitrogens with one attached hydrogen (secondary N) is 1. The van der Waals surface area contributed by atoms with Gasteiger partial charge in [0.2, 0.25) is 0 Å². The highest BCUT2D eigenvalue weighted by Gasteiger charge is 2.24. The number of halogens is 1. The zero-order chi connectivity index (χ0) is 14.8. The minimum Gasteiger partial charge on any atom is -0.368 e. The highest BCUT2D eigenvalue weighted by Crippen LogP contribution is 2.19. The van der Waals surface area contributed by atoms with Crippen molar-refractivity contribution in [1.29, 1.82) is 0 Å². The van der Waals surface area contributed by atoms with Gasteiger partial charge in [0.05, 0.1) is 11.4 Å². The predicted molar refractivity (Wildman–Crippen MR) is 75.9 cm³/mol. The van der Waals surface area contributed by atoms with Crippen LogP contribution in [0.4, 0.5) is 10.2 Å². The first-order valence-corrected chi connectivity index (χ1v) is 6.88. The van der Waals surface area contributed by atoms with Crippen LogP contribution in [-0.2, 0) is 9.53 Å². The zero-order valence-corrected chi connectivity index (χ0v) is 11.7. The molecule has 1 atom stereocenters. The molecule has 1 N–H and O–H groups in total. The molecule has 1 fully saturated rings. The fourth-order valence-electron chi connectivity index (χ4n) is 2.36. The molecule has 1 aliphatic heterocycles. The van der Waals surface area contributed by atoms with Crippen LogP contribution in [0.1, 0.15) is 18.5 Å². The van der Waals surface area contributed by atoms with Crippen LogP contribution in [0.2, 0.25) is 0 Å². The second-order valence-electron chi connectivity index (χ2n) is 5.05. The first-order chi connectivity index (χ1) is 10.1. The highest BCUT2D eigenvalue weighted by molar-refractivity contribution is 5.93. The van der Waals surface area contributed by atoms with Gasteiger partial charge in [-0.15, -0.1) is 0 Å². The average Bonchev–Trinajstić information content (AvgIpc) is 3.09. The number of carbonyl (C=O) groups excluding carboxylic acids is 1. The number of rotatable bonds is 3. The van der Waals surface area contributed by atoms with Crippen molar-refractivity contribution < 1.29 is 13.9 Å². The number of hydrogen-bond donors (Lipinski definition) is 1. The predicted octanol–water partition coefficient (Wildman–Crippen LogP) is 2.44. The molecule has 0 spiro atoms. The first-order valence-electron chi connectivity index (χ1n) is 6.88. The molecule has 0 aliphatic carbocycles. The van der Waals surface area contributed by atoms with Gasteiger partial charge in [0, 0.05) is 12.7 Å². The van der Waals surface area contributed by atoms with E-state index in [0.717, 1.165) is 18.5 Å². The summed E-state index contributed by atoms with van der Waals surface area (Å²) < 4.78 is 20.0. The van der Waals surface area contributed by atoms with E-state index in [0.29, 0.717) is 18.1 Å². The summed E-state index contributed by atoms with van der Waals surface area (Å²) in [7, 11) is 0. The summed E-state index contributed by atoms with van der Waals surface area (Å²) in [6.45, 7) is 2.45. The van der Waals surface area contributed by atoms with Crippen molar-refractivity contribution in [2.24, 2.45) is 0 Å². The molecule has 1 saturated heterocycles. The zero-order valence-electron chi connectivity index (χ0n) is 11.7. The first kappa shape index (κ1) is 13.8. The molecular weight excluding hydrogens is 273 g/mol. The molecule has 1 aliphatic rings. The smallest absolute Gasteiger partial charge is 0.254 e. The van der Waals surface area contributed by atoms with Crippen LogP contribution in [0.5, 0.6) is 0 Å². The minimum absolute atomic E-state index is 0.171. The van der Waals surface area contributed by atoms with Gasteiger partial charge in [0.25, 0.3) is 5.91 Å². The van der Waals surface area contributed by atoms with Crippen LogP contribution in [0.25, 0.3) is 5.69 Å². The van der Waals surface area contributed by atoms with E-state index in [1.807, 2.05) is 6.92 Å². The lowest BCUT2D eigenvalue weighted by atomic mass is 10.2. The van der Waals surface area contributed by atoms with Crippen LogP contribution in [0, 0.1) is 12.7 Å². The molecular formula is C15H16FN3O2. The average molecular weight is 289 g/mol. The van der Waals surface area contributed by atoms with Crippen molar-refractivity contribution in [2.75, 3.05) is 11.9 Å². The van der Waals surface area contributed by atoms with Gasteiger partial charge in [-0.3, -0.25) is 4.79 Å². The third-order valence-corrected chi connectivity index (χ3v) is 3.38. The lowest BCUT2D eigenvalue weighted by Gasteiger charge is -2.12. The highest BCUT2D eigenvalue weighted by atomic mass is 19.1. The maximum atomic E-state index is 13.0. The standard InChI is InChI=1S/C15H16FN3O2/c1-10-9-14(17-15(20)13-3-2-8-21-13)19(18-10)12-6-4-11(16)5-7-12/h4-7,9,13H,2-3,8H2,1H3,(H,17,20)/t13-/m0/s1. The summed E-state index contributed by atoms with van der Waals surface area (Å²) in [5.41, 5.74) is 1.45. The third kappa shape index (κ3) is 2.95. The number of anilines is 1. The monoisotopic (exact) mass is 289 g/mol. The molecule has 2 heterocycles. The van der Waals surface area contributed by atoms with E-state index in [9.17, 15) is 9.18 Å². The summed E-state index contributed by atoms with van der Waals surface area (Å²) in [6, 6.07) is 7.72. The fourth-order valence-corrected chi connectivity index (χ4v) is 2.36. The number of hydrogen-bond acceptors (Lipinski definition) is 3. The number of nitrogens with zero attached hydrogens (tertiary/aromatic N) is 2. The Hall–Kier alpha value is -2.21. The Kier molecular flexibility index (Phi) is 3.70. The largest absolute Gasteiger partial charge is 0.368 e. The molecule has 1 aromatic heterocycles. The Balaban J connectivity index is 1.85. The van der Waals surface area contributed by atoms with Crippen molar-refractivity contribution in [1.82, 2.24) is 9.78 Å². The van der Waals surface area contributed by atoms with Crippen LogP contribution >= 0.6 is 0 Å². The Bertz CT molecular complexity index is 645. The molecule has 3 rings (SSSR count).